The highest BCUT2D eigenvalue weighted by molar-refractivity contribution is 5.80. The van der Waals surface area contributed by atoms with Gasteiger partial charge in [0.25, 0.3) is 0 Å². The summed E-state index contributed by atoms with van der Waals surface area (Å²) in [5, 5.41) is 7.60. The van der Waals surface area contributed by atoms with Crippen molar-refractivity contribution >= 4 is 5.96 Å². The van der Waals surface area contributed by atoms with Gasteiger partial charge in [-0.15, -0.1) is 0 Å². The first-order valence-electron chi connectivity index (χ1n) is 10.5. The molecular formula is C22H36N4O. The Hall–Kier alpha value is -1.59. The van der Waals surface area contributed by atoms with Gasteiger partial charge in [-0.3, -0.25) is 4.99 Å². The highest BCUT2D eigenvalue weighted by atomic mass is 16.5. The second-order valence-corrected chi connectivity index (χ2v) is 8.24. The van der Waals surface area contributed by atoms with Gasteiger partial charge in [0.1, 0.15) is 0 Å². The molecule has 27 heavy (non-hydrogen) atoms. The lowest BCUT2D eigenvalue weighted by Gasteiger charge is -2.42. The van der Waals surface area contributed by atoms with Crippen LogP contribution in [0.4, 0.5) is 0 Å². The summed E-state index contributed by atoms with van der Waals surface area (Å²) < 4.78 is 5.66. The Morgan fingerprint density at radius 2 is 1.89 bits per heavy atom. The number of hydrogen-bond acceptors (Lipinski definition) is 3. The molecule has 0 amide bonds. The Balaban J connectivity index is 1.63. The van der Waals surface area contributed by atoms with Crippen LogP contribution in [0, 0.1) is 5.92 Å². The van der Waals surface area contributed by atoms with Crippen molar-refractivity contribution in [1.29, 1.82) is 0 Å². The molecule has 150 valence electrons. The van der Waals surface area contributed by atoms with Crippen LogP contribution in [-0.4, -0.2) is 56.3 Å². The number of guanidine groups is 1. The standard InChI is InChI=1S/C22H36N4O/c1-18-9-13-26(14-10-18)21(23-3)24-17-22(11-15-27-16-12-22)25-19(2)20-7-5-4-6-8-20/h4-8,18-19,25H,9-17H2,1-3H3,(H,23,24). The third-order valence-electron chi connectivity index (χ3n) is 6.15. The second kappa shape index (κ2) is 9.56. The topological polar surface area (TPSA) is 48.9 Å². The molecule has 0 saturated carbocycles. The summed E-state index contributed by atoms with van der Waals surface area (Å²) >= 11 is 0. The van der Waals surface area contributed by atoms with Crippen molar-refractivity contribution in [2.24, 2.45) is 10.9 Å². The third kappa shape index (κ3) is 5.45. The normalized spacial score (nSPS) is 22.5. The van der Waals surface area contributed by atoms with E-state index in [4.69, 9.17) is 4.74 Å². The number of ether oxygens (including phenoxy) is 1. The summed E-state index contributed by atoms with van der Waals surface area (Å²) in [6, 6.07) is 11.0. The number of nitrogens with one attached hydrogen (secondary N) is 2. The van der Waals surface area contributed by atoms with Crippen molar-refractivity contribution in [2.45, 2.75) is 51.1 Å². The molecule has 2 aliphatic heterocycles. The Bertz CT molecular complexity index is 590. The summed E-state index contributed by atoms with van der Waals surface area (Å²) in [5.74, 6) is 1.87. The molecule has 3 rings (SSSR count). The molecular weight excluding hydrogens is 336 g/mol. The van der Waals surface area contributed by atoms with E-state index in [1.807, 2.05) is 7.05 Å². The van der Waals surface area contributed by atoms with Gasteiger partial charge >= 0.3 is 0 Å². The molecule has 0 aromatic heterocycles. The molecule has 2 aliphatic rings. The minimum atomic E-state index is 0.0343. The molecule has 0 bridgehead atoms. The molecule has 2 saturated heterocycles. The van der Waals surface area contributed by atoms with Crippen LogP contribution >= 0.6 is 0 Å². The molecule has 2 fully saturated rings. The zero-order valence-electron chi connectivity index (χ0n) is 17.2. The summed E-state index contributed by atoms with van der Waals surface area (Å²) in [5.41, 5.74) is 1.37. The van der Waals surface area contributed by atoms with Crippen LogP contribution in [0.1, 0.15) is 51.1 Å². The molecule has 1 aromatic carbocycles. The number of nitrogens with zero attached hydrogens (tertiary/aromatic N) is 2. The van der Waals surface area contributed by atoms with Crippen LogP contribution in [0.3, 0.4) is 0 Å². The van der Waals surface area contributed by atoms with E-state index in [0.29, 0.717) is 6.04 Å². The van der Waals surface area contributed by atoms with Crippen LogP contribution < -0.4 is 10.6 Å². The first-order chi connectivity index (χ1) is 13.1. The van der Waals surface area contributed by atoms with Crippen molar-refractivity contribution in [3.8, 4) is 0 Å². The predicted octanol–water partition coefficient (Wildman–Crippen LogP) is 3.19. The lowest BCUT2D eigenvalue weighted by molar-refractivity contribution is 0.0352. The fraction of sp³-hybridized carbons (Fsp3) is 0.682. The SMILES string of the molecule is CN=C(NCC1(NC(C)c2ccccc2)CCOCC1)N1CCC(C)CC1. The quantitative estimate of drug-likeness (QED) is 0.616. The molecule has 0 spiro atoms. The van der Waals surface area contributed by atoms with Gasteiger partial charge in [-0.1, -0.05) is 37.3 Å². The Morgan fingerprint density at radius 3 is 2.52 bits per heavy atom. The van der Waals surface area contributed by atoms with Crippen molar-refractivity contribution in [1.82, 2.24) is 15.5 Å². The molecule has 1 unspecified atom stereocenters. The van der Waals surface area contributed by atoms with E-state index in [1.54, 1.807) is 0 Å². The van der Waals surface area contributed by atoms with Crippen LogP contribution in [0.2, 0.25) is 0 Å². The zero-order chi connectivity index (χ0) is 19.1. The molecule has 2 N–H and O–H groups in total. The van der Waals surface area contributed by atoms with Gasteiger partial charge < -0.3 is 20.3 Å². The van der Waals surface area contributed by atoms with Crippen molar-refractivity contribution in [3.05, 3.63) is 35.9 Å². The van der Waals surface area contributed by atoms with Gasteiger partial charge in [0.15, 0.2) is 5.96 Å². The Labute approximate surface area is 164 Å². The Morgan fingerprint density at radius 1 is 1.22 bits per heavy atom. The zero-order valence-corrected chi connectivity index (χ0v) is 17.2. The number of rotatable bonds is 5. The molecule has 5 nitrogen and oxygen atoms in total. The fourth-order valence-corrected chi connectivity index (χ4v) is 4.22. The highest BCUT2D eigenvalue weighted by Crippen LogP contribution is 2.25. The predicted molar refractivity (Wildman–Crippen MR) is 112 cm³/mol. The van der Waals surface area contributed by atoms with Crippen molar-refractivity contribution < 1.29 is 4.74 Å². The highest BCUT2D eigenvalue weighted by Gasteiger charge is 2.34. The van der Waals surface area contributed by atoms with Crippen molar-refractivity contribution in [3.63, 3.8) is 0 Å². The van der Waals surface area contributed by atoms with Crippen molar-refractivity contribution in [2.75, 3.05) is 39.9 Å². The lowest BCUT2D eigenvalue weighted by atomic mass is 9.88. The largest absolute Gasteiger partial charge is 0.381 e. The van der Waals surface area contributed by atoms with Gasteiger partial charge in [-0.2, -0.15) is 0 Å². The monoisotopic (exact) mass is 372 g/mol. The van der Waals surface area contributed by atoms with Crippen LogP contribution in [0.25, 0.3) is 0 Å². The van der Waals surface area contributed by atoms with E-state index in [9.17, 15) is 0 Å². The minimum absolute atomic E-state index is 0.0343. The van der Waals surface area contributed by atoms with E-state index in [0.717, 1.165) is 57.6 Å². The Kier molecular flexibility index (Phi) is 7.13. The number of likely N-dealkylation sites (tertiary alicyclic amines) is 1. The van der Waals surface area contributed by atoms with E-state index in [-0.39, 0.29) is 5.54 Å². The summed E-state index contributed by atoms with van der Waals surface area (Å²) in [7, 11) is 1.90. The van der Waals surface area contributed by atoms with E-state index in [1.165, 1.54) is 18.4 Å². The molecule has 0 radical (unpaired) electrons. The molecule has 0 aliphatic carbocycles. The fourth-order valence-electron chi connectivity index (χ4n) is 4.22. The van der Waals surface area contributed by atoms with Gasteiger partial charge in [0.05, 0.1) is 0 Å². The molecule has 2 heterocycles. The number of hydrogen-bond donors (Lipinski definition) is 2. The van der Waals surface area contributed by atoms with Crippen LogP contribution in [0.5, 0.6) is 0 Å². The number of aliphatic imine (C=N–C) groups is 1. The number of benzene rings is 1. The lowest BCUT2D eigenvalue weighted by Crippen LogP contribution is -2.59. The average Bonchev–Trinajstić information content (AvgIpc) is 2.71. The first kappa shape index (κ1) is 20.2. The van der Waals surface area contributed by atoms with E-state index in [2.05, 4.69) is 64.7 Å². The third-order valence-corrected chi connectivity index (χ3v) is 6.15. The van der Waals surface area contributed by atoms with Gasteiger partial charge in [-0.05, 0) is 44.1 Å². The summed E-state index contributed by atoms with van der Waals surface area (Å²) in [4.78, 5) is 6.97. The van der Waals surface area contributed by atoms with Gasteiger partial charge in [-0.25, -0.2) is 0 Å². The molecule has 1 atom stereocenters. The van der Waals surface area contributed by atoms with Crippen LogP contribution in [0.15, 0.2) is 35.3 Å². The summed E-state index contributed by atoms with van der Waals surface area (Å²) in [6.07, 6.45) is 4.54. The second-order valence-electron chi connectivity index (χ2n) is 8.24. The molecule has 5 heteroatoms. The maximum absolute atomic E-state index is 5.66. The van der Waals surface area contributed by atoms with Crippen LogP contribution in [-0.2, 0) is 4.74 Å². The van der Waals surface area contributed by atoms with E-state index >= 15 is 0 Å². The maximum atomic E-state index is 5.66. The summed E-state index contributed by atoms with van der Waals surface area (Å²) in [6.45, 7) is 9.32. The van der Waals surface area contributed by atoms with Gasteiger partial charge in [0, 0.05) is 51.5 Å². The maximum Gasteiger partial charge on any atom is 0.193 e. The van der Waals surface area contributed by atoms with E-state index < -0.39 is 0 Å². The number of piperidine rings is 1. The van der Waals surface area contributed by atoms with Gasteiger partial charge in [0.2, 0.25) is 0 Å². The first-order valence-corrected chi connectivity index (χ1v) is 10.5. The minimum Gasteiger partial charge on any atom is -0.381 e. The average molecular weight is 373 g/mol. The smallest absolute Gasteiger partial charge is 0.193 e. The molecule has 1 aromatic rings.